The van der Waals surface area contributed by atoms with Crippen molar-refractivity contribution >= 4 is 12.4 Å². The Morgan fingerprint density at radius 1 is 1.11 bits per heavy atom. The molecule has 0 unspecified atom stereocenters. The van der Waals surface area contributed by atoms with Crippen molar-refractivity contribution in [1.82, 2.24) is 0 Å². The summed E-state index contributed by atoms with van der Waals surface area (Å²) in [6.45, 7) is 0. The van der Waals surface area contributed by atoms with E-state index in [9.17, 15) is 0 Å². The van der Waals surface area contributed by atoms with Crippen molar-refractivity contribution < 1.29 is 0 Å². The van der Waals surface area contributed by atoms with Gasteiger partial charge in [0.25, 0.3) is 0 Å². The van der Waals surface area contributed by atoms with E-state index in [2.05, 4.69) is 15.7 Å². The molecule has 0 aromatic rings. The predicted molar refractivity (Wildman–Crippen MR) is 38.8 cm³/mol. The first-order valence-electron chi connectivity index (χ1n) is 2.61. The fourth-order valence-electron chi connectivity index (χ4n) is 0.404. The number of hydrogen-bond donors (Lipinski definition) is 0. The van der Waals surface area contributed by atoms with Gasteiger partial charge >= 0.3 is 0 Å². The highest BCUT2D eigenvalue weighted by Gasteiger charge is 1.64. The first-order valence-corrected chi connectivity index (χ1v) is 2.61. The Morgan fingerprint density at radius 3 is 3.00 bits per heavy atom. The van der Waals surface area contributed by atoms with Gasteiger partial charge in [-0.3, -0.25) is 9.98 Å². The van der Waals surface area contributed by atoms with Crippen LogP contribution in [0.25, 0.3) is 0 Å². The lowest BCUT2D eigenvalue weighted by molar-refractivity contribution is 1.61. The van der Waals surface area contributed by atoms with Crippen molar-refractivity contribution in [2.45, 2.75) is 0 Å². The average molecular weight is 118 g/mol. The van der Waals surface area contributed by atoms with Gasteiger partial charge in [-0.2, -0.15) is 0 Å². The molecule has 0 spiro atoms. The maximum Gasteiger partial charge on any atom is 0.0687 e. The van der Waals surface area contributed by atoms with Crippen LogP contribution in [-0.2, 0) is 0 Å². The SMILES string of the molecule is C1=CC=CN=CC=NC=1. The molecule has 0 fully saturated rings. The van der Waals surface area contributed by atoms with Crippen LogP contribution in [0.15, 0.2) is 40.3 Å². The molecule has 0 bridgehead atoms. The maximum absolute atomic E-state index is 3.84. The highest BCUT2D eigenvalue weighted by molar-refractivity contribution is 6.16. The summed E-state index contributed by atoms with van der Waals surface area (Å²) in [5.41, 5.74) is 2.81. The Kier molecular flexibility index (Phi) is 2.28. The summed E-state index contributed by atoms with van der Waals surface area (Å²) >= 11 is 0. The Hall–Kier alpha value is -1.40. The van der Waals surface area contributed by atoms with E-state index < -0.39 is 0 Å². The first-order chi connectivity index (χ1) is 4.50. The van der Waals surface area contributed by atoms with E-state index in [4.69, 9.17) is 0 Å². The van der Waals surface area contributed by atoms with Crippen LogP contribution >= 0.6 is 0 Å². The van der Waals surface area contributed by atoms with Crippen LogP contribution in [0.1, 0.15) is 0 Å². The zero-order chi connectivity index (χ0) is 6.36. The molecule has 1 rings (SSSR count). The summed E-state index contributed by atoms with van der Waals surface area (Å²) < 4.78 is 0. The van der Waals surface area contributed by atoms with Crippen LogP contribution in [0.3, 0.4) is 0 Å². The van der Waals surface area contributed by atoms with Gasteiger partial charge in [-0.05, 0) is 12.2 Å². The third-order valence-electron chi connectivity index (χ3n) is 0.752. The van der Waals surface area contributed by atoms with Gasteiger partial charge in [0.05, 0.1) is 6.20 Å². The van der Waals surface area contributed by atoms with Gasteiger partial charge < -0.3 is 0 Å². The summed E-state index contributed by atoms with van der Waals surface area (Å²) in [7, 11) is 0. The van der Waals surface area contributed by atoms with E-state index >= 15 is 0 Å². The van der Waals surface area contributed by atoms with E-state index in [1.807, 2.05) is 0 Å². The Balaban J connectivity index is 2.81. The maximum atomic E-state index is 3.84. The lowest BCUT2D eigenvalue weighted by Gasteiger charge is -1.68. The lowest BCUT2D eigenvalue weighted by atomic mass is 10.6. The van der Waals surface area contributed by atoms with Gasteiger partial charge in [0.1, 0.15) is 0 Å². The van der Waals surface area contributed by atoms with Gasteiger partial charge in [-0.15, -0.1) is 5.73 Å². The quantitative estimate of drug-likeness (QED) is 0.428. The molecule has 44 valence electrons. The number of aliphatic imine (C=N–C) groups is 2. The predicted octanol–water partition coefficient (Wildman–Crippen LogP) is 1.32. The van der Waals surface area contributed by atoms with Crippen LogP contribution in [-0.4, -0.2) is 12.4 Å². The largest absolute Gasteiger partial charge is 0.263 e. The molecule has 0 atom stereocenters. The number of rotatable bonds is 0. The molecule has 1 heterocycles. The minimum absolute atomic E-state index is 1.58. The standard InChI is InChI=1S/C7H6N2/c1-2-4-8-6-7-9-5-3-1/h1-2,4-7H. The molecule has 0 saturated carbocycles. The lowest BCUT2D eigenvalue weighted by Crippen LogP contribution is -1.68. The van der Waals surface area contributed by atoms with Crippen molar-refractivity contribution in [3.63, 3.8) is 0 Å². The van der Waals surface area contributed by atoms with E-state index in [1.54, 1.807) is 37.0 Å². The third kappa shape index (κ3) is 2.42. The molecular weight excluding hydrogens is 112 g/mol. The van der Waals surface area contributed by atoms with Crippen LogP contribution in [0.2, 0.25) is 0 Å². The van der Waals surface area contributed by atoms with Crippen molar-refractivity contribution in [2.24, 2.45) is 9.98 Å². The van der Waals surface area contributed by atoms with Crippen molar-refractivity contribution in [3.05, 3.63) is 30.3 Å². The molecule has 0 aliphatic carbocycles. The zero-order valence-corrected chi connectivity index (χ0v) is 4.86. The second-order valence-electron chi connectivity index (χ2n) is 1.40. The Labute approximate surface area is 53.6 Å². The Morgan fingerprint density at radius 2 is 2.00 bits per heavy atom. The van der Waals surface area contributed by atoms with Gasteiger partial charge in [0.15, 0.2) is 0 Å². The number of allylic oxidation sites excluding steroid dienone is 2. The van der Waals surface area contributed by atoms with E-state index in [-0.39, 0.29) is 0 Å². The smallest absolute Gasteiger partial charge is 0.0687 e. The molecule has 0 aromatic heterocycles. The zero-order valence-electron chi connectivity index (χ0n) is 4.86. The van der Waals surface area contributed by atoms with Crippen LogP contribution in [0.4, 0.5) is 0 Å². The van der Waals surface area contributed by atoms with Gasteiger partial charge in [0.2, 0.25) is 0 Å². The minimum Gasteiger partial charge on any atom is -0.263 e. The first kappa shape index (κ1) is 5.73. The van der Waals surface area contributed by atoms with E-state index in [0.29, 0.717) is 0 Å². The van der Waals surface area contributed by atoms with Crippen molar-refractivity contribution in [3.8, 4) is 0 Å². The molecule has 2 heteroatoms. The van der Waals surface area contributed by atoms with Gasteiger partial charge in [-0.1, -0.05) is 0 Å². The van der Waals surface area contributed by atoms with Crippen molar-refractivity contribution in [2.75, 3.05) is 0 Å². The number of hydrogen-bond acceptors (Lipinski definition) is 2. The fourth-order valence-corrected chi connectivity index (χ4v) is 0.404. The molecule has 9 heavy (non-hydrogen) atoms. The highest BCUT2D eigenvalue weighted by Crippen LogP contribution is 1.78. The molecule has 1 aliphatic rings. The minimum atomic E-state index is 1.58. The summed E-state index contributed by atoms with van der Waals surface area (Å²) in [6.07, 6.45) is 10.0. The average Bonchev–Trinajstić information content (AvgIpc) is 2.00. The molecule has 0 amide bonds. The second-order valence-corrected chi connectivity index (χ2v) is 1.40. The van der Waals surface area contributed by atoms with Crippen LogP contribution in [0, 0.1) is 0 Å². The van der Waals surface area contributed by atoms with Gasteiger partial charge in [-0.25, -0.2) is 0 Å². The Bertz CT molecular complexity index is 195. The summed E-state index contributed by atoms with van der Waals surface area (Å²) in [6, 6.07) is 0. The van der Waals surface area contributed by atoms with E-state index in [0.717, 1.165) is 0 Å². The molecule has 0 N–H and O–H groups in total. The summed E-state index contributed by atoms with van der Waals surface area (Å²) in [4.78, 5) is 7.65. The molecule has 1 aliphatic heterocycles. The molecular formula is C7H6N2. The summed E-state index contributed by atoms with van der Waals surface area (Å²) in [5, 5.41) is 0. The highest BCUT2D eigenvalue weighted by atomic mass is 14.7. The number of nitrogens with zero attached hydrogens (tertiary/aromatic N) is 2. The third-order valence-corrected chi connectivity index (χ3v) is 0.752. The van der Waals surface area contributed by atoms with E-state index in [1.165, 1.54) is 0 Å². The normalized spacial score (nSPS) is 15.1. The molecule has 0 aromatic carbocycles. The molecule has 0 saturated heterocycles. The topological polar surface area (TPSA) is 24.7 Å². The molecule has 2 nitrogen and oxygen atoms in total. The monoisotopic (exact) mass is 118 g/mol. The van der Waals surface area contributed by atoms with Crippen molar-refractivity contribution in [1.29, 1.82) is 0 Å². The molecule has 0 radical (unpaired) electrons. The fraction of sp³-hybridized carbons (Fsp3) is 0. The van der Waals surface area contributed by atoms with Crippen LogP contribution < -0.4 is 0 Å². The van der Waals surface area contributed by atoms with Gasteiger partial charge in [0, 0.05) is 18.6 Å². The van der Waals surface area contributed by atoms with Crippen LogP contribution in [0.5, 0.6) is 0 Å². The summed E-state index contributed by atoms with van der Waals surface area (Å²) in [5.74, 6) is 0. The second kappa shape index (κ2) is 3.58.